The molecular formula is C24H29NO5S. The number of ether oxygens (including phenoxy) is 1. The molecule has 0 unspecified atom stereocenters. The normalized spacial score (nSPS) is 15.5. The minimum atomic E-state index is -3.97. The number of hydrogen-bond donors (Lipinski definition) is 1. The summed E-state index contributed by atoms with van der Waals surface area (Å²) in [4.78, 5) is 25.5. The van der Waals surface area contributed by atoms with Crippen molar-refractivity contribution < 1.29 is 22.7 Å². The van der Waals surface area contributed by atoms with Crippen molar-refractivity contribution >= 4 is 27.4 Å². The number of esters is 1. The van der Waals surface area contributed by atoms with Crippen LogP contribution in [0.2, 0.25) is 0 Å². The molecule has 31 heavy (non-hydrogen) atoms. The number of sulfone groups is 1. The van der Waals surface area contributed by atoms with Crippen LogP contribution in [0.15, 0.2) is 47.4 Å². The third kappa shape index (κ3) is 4.66. The molecule has 0 radical (unpaired) electrons. The predicted octanol–water partition coefficient (Wildman–Crippen LogP) is 4.13. The van der Waals surface area contributed by atoms with Gasteiger partial charge >= 0.3 is 5.97 Å². The molecule has 3 rings (SSSR count). The van der Waals surface area contributed by atoms with Crippen LogP contribution in [0.5, 0.6) is 0 Å². The Morgan fingerprint density at radius 2 is 1.68 bits per heavy atom. The highest BCUT2D eigenvalue weighted by molar-refractivity contribution is 7.93. The van der Waals surface area contributed by atoms with Crippen LogP contribution in [0.3, 0.4) is 0 Å². The maximum Gasteiger partial charge on any atom is 0.328 e. The lowest BCUT2D eigenvalue weighted by atomic mass is 10.1. The van der Waals surface area contributed by atoms with E-state index >= 15 is 0 Å². The fourth-order valence-corrected chi connectivity index (χ4v) is 6.38. The van der Waals surface area contributed by atoms with Crippen LogP contribution in [-0.4, -0.2) is 31.6 Å². The molecule has 2 aromatic carbocycles. The van der Waals surface area contributed by atoms with Crippen molar-refractivity contribution in [2.24, 2.45) is 0 Å². The topological polar surface area (TPSA) is 89.5 Å². The van der Waals surface area contributed by atoms with Gasteiger partial charge in [0, 0.05) is 5.69 Å². The first-order valence-corrected chi connectivity index (χ1v) is 12.1. The van der Waals surface area contributed by atoms with Crippen molar-refractivity contribution in [3.63, 3.8) is 0 Å². The number of carbonyl (C=O) groups is 2. The van der Waals surface area contributed by atoms with Gasteiger partial charge in [-0.2, -0.15) is 0 Å². The summed E-state index contributed by atoms with van der Waals surface area (Å²) in [5, 5.41) is 2.67. The highest BCUT2D eigenvalue weighted by atomic mass is 32.2. The van der Waals surface area contributed by atoms with Gasteiger partial charge in [0.15, 0.2) is 21.2 Å². The van der Waals surface area contributed by atoms with E-state index in [0.717, 1.165) is 17.5 Å². The van der Waals surface area contributed by atoms with Gasteiger partial charge in [0.1, 0.15) is 0 Å². The Morgan fingerprint density at radius 3 is 2.29 bits per heavy atom. The molecule has 166 valence electrons. The lowest BCUT2D eigenvalue weighted by Crippen LogP contribution is -2.46. The first kappa shape index (κ1) is 23.0. The smallest absolute Gasteiger partial charge is 0.328 e. The molecule has 1 saturated carbocycles. The Labute approximate surface area is 183 Å². The number of carbonyl (C=O) groups excluding carboxylic acids is 2. The molecule has 7 heteroatoms. The summed E-state index contributed by atoms with van der Waals surface area (Å²) in [6.45, 7) is 5.05. The summed E-state index contributed by atoms with van der Waals surface area (Å²) in [5.41, 5.74) is 3.14. The Balaban J connectivity index is 1.75. The zero-order valence-corrected chi connectivity index (χ0v) is 19.1. The van der Waals surface area contributed by atoms with Gasteiger partial charge in [-0.1, -0.05) is 44.0 Å². The van der Waals surface area contributed by atoms with Crippen LogP contribution in [0.25, 0.3) is 0 Å². The van der Waals surface area contributed by atoms with E-state index in [4.69, 9.17) is 4.74 Å². The molecular weight excluding hydrogens is 414 g/mol. The SMILES string of the molecule is CCc1ccc(NC(=O)COC(=O)C2(S(=O)(=O)c3cc(C)ccc3C)CCCC2)cc1. The lowest BCUT2D eigenvalue weighted by molar-refractivity contribution is -0.149. The molecule has 0 heterocycles. The number of hydrogen-bond acceptors (Lipinski definition) is 5. The number of rotatable bonds is 7. The molecule has 1 aliphatic carbocycles. The largest absolute Gasteiger partial charge is 0.454 e. The molecule has 0 spiro atoms. The number of aryl methyl sites for hydroxylation is 3. The average Bonchev–Trinajstić information content (AvgIpc) is 3.26. The van der Waals surface area contributed by atoms with Gasteiger partial charge in [-0.05, 0) is 68.0 Å². The highest BCUT2D eigenvalue weighted by Gasteiger charge is 2.54. The van der Waals surface area contributed by atoms with Crippen LogP contribution in [0, 0.1) is 13.8 Å². The summed E-state index contributed by atoms with van der Waals surface area (Å²) in [6, 6.07) is 12.6. The Morgan fingerprint density at radius 1 is 1.03 bits per heavy atom. The quantitative estimate of drug-likeness (QED) is 0.650. The van der Waals surface area contributed by atoms with Crippen molar-refractivity contribution in [1.82, 2.24) is 0 Å². The van der Waals surface area contributed by atoms with Crippen molar-refractivity contribution in [3.8, 4) is 0 Å². The maximum absolute atomic E-state index is 13.6. The van der Waals surface area contributed by atoms with Crippen molar-refractivity contribution in [3.05, 3.63) is 59.2 Å². The first-order chi connectivity index (χ1) is 14.7. The molecule has 0 aliphatic heterocycles. The Kier molecular flexibility index (Phi) is 6.84. The minimum Gasteiger partial charge on any atom is -0.454 e. The van der Waals surface area contributed by atoms with Crippen LogP contribution in [0.4, 0.5) is 5.69 Å². The van der Waals surface area contributed by atoms with E-state index in [0.29, 0.717) is 24.1 Å². The highest BCUT2D eigenvalue weighted by Crippen LogP contribution is 2.42. The monoisotopic (exact) mass is 443 g/mol. The van der Waals surface area contributed by atoms with Crippen LogP contribution < -0.4 is 5.32 Å². The fraction of sp³-hybridized carbons (Fsp3) is 0.417. The molecule has 0 saturated heterocycles. The van der Waals surface area contributed by atoms with E-state index in [1.807, 2.05) is 32.0 Å². The molecule has 1 amide bonds. The van der Waals surface area contributed by atoms with Crippen LogP contribution in [-0.2, 0) is 30.6 Å². The molecule has 1 aliphatic rings. The van der Waals surface area contributed by atoms with Crippen LogP contribution >= 0.6 is 0 Å². The molecule has 1 fully saturated rings. The number of anilines is 1. The minimum absolute atomic E-state index is 0.159. The molecule has 1 N–H and O–H groups in total. The summed E-state index contributed by atoms with van der Waals surface area (Å²) in [5.74, 6) is -1.35. The number of nitrogens with one attached hydrogen (secondary N) is 1. The maximum atomic E-state index is 13.6. The van der Waals surface area contributed by atoms with Gasteiger partial charge in [0.25, 0.3) is 5.91 Å². The zero-order valence-electron chi connectivity index (χ0n) is 18.2. The van der Waals surface area contributed by atoms with E-state index in [1.54, 1.807) is 31.2 Å². The Hall–Kier alpha value is -2.67. The fourth-order valence-electron chi connectivity index (χ4n) is 4.02. The average molecular weight is 444 g/mol. The van der Waals surface area contributed by atoms with E-state index < -0.39 is 33.1 Å². The standard InChI is InChI=1S/C24H29NO5S/c1-4-19-9-11-20(12-10-19)25-22(26)16-30-23(27)24(13-5-6-14-24)31(28,29)21-15-17(2)7-8-18(21)3/h7-12,15H,4-6,13-14,16H2,1-3H3,(H,25,26). The van der Waals surface area contributed by atoms with E-state index in [2.05, 4.69) is 5.32 Å². The van der Waals surface area contributed by atoms with E-state index in [-0.39, 0.29) is 17.7 Å². The first-order valence-electron chi connectivity index (χ1n) is 10.6. The molecule has 0 bridgehead atoms. The lowest BCUT2D eigenvalue weighted by Gasteiger charge is -2.27. The summed E-state index contributed by atoms with van der Waals surface area (Å²) < 4.78 is 30.7. The molecule has 0 aromatic heterocycles. The molecule has 2 aromatic rings. The second-order valence-corrected chi connectivity index (χ2v) is 10.4. The second-order valence-electron chi connectivity index (χ2n) is 8.15. The number of benzene rings is 2. The van der Waals surface area contributed by atoms with Gasteiger partial charge in [-0.15, -0.1) is 0 Å². The van der Waals surface area contributed by atoms with Gasteiger partial charge in [-0.25, -0.2) is 8.42 Å². The van der Waals surface area contributed by atoms with E-state index in [1.165, 1.54) is 0 Å². The molecule has 0 atom stereocenters. The predicted molar refractivity (Wildman–Crippen MR) is 120 cm³/mol. The van der Waals surface area contributed by atoms with Gasteiger partial charge in [0.2, 0.25) is 0 Å². The third-order valence-electron chi connectivity index (χ3n) is 5.91. The summed E-state index contributed by atoms with van der Waals surface area (Å²) in [7, 11) is -3.97. The van der Waals surface area contributed by atoms with Crippen molar-refractivity contribution in [2.75, 3.05) is 11.9 Å². The van der Waals surface area contributed by atoms with Gasteiger partial charge < -0.3 is 10.1 Å². The second kappa shape index (κ2) is 9.22. The van der Waals surface area contributed by atoms with Crippen molar-refractivity contribution in [2.45, 2.75) is 62.5 Å². The third-order valence-corrected chi connectivity index (χ3v) is 8.53. The van der Waals surface area contributed by atoms with E-state index in [9.17, 15) is 18.0 Å². The number of amides is 1. The molecule has 6 nitrogen and oxygen atoms in total. The van der Waals surface area contributed by atoms with Gasteiger partial charge in [0.05, 0.1) is 4.90 Å². The Bertz CT molecular complexity index is 1070. The van der Waals surface area contributed by atoms with Gasteiger partial charge in [-0.3, -0.25) is 9.59 Å². The zero-order chi connectivity index (χ0) is 22.6. The summed E-state index contributed by atoms with van der Waals surface area (Å²) >= 11 is 0. The van der Waals surface area contributed by atoms with Crippen LogP contribution in [0.1, 0.15) is 49.3 Å². The van der Waals surface area contributed by atoms with Crippen molar-refractivity contribution in [1.29, 1.82) is 0 Å². The summed E-state index contributed by atoms with van der Waals surface area (Å²) in [6.07, 6.45) is 2.52.